The highest BCUT2D eigenvalue weighted by Crippen LogP contribution is 2.14. The lowest BCUT2D eigenvalue weighted by Crippen LogP contribution is -2.26. The molecule has 0 unspecified atom stereocenters. The van der Waals surface area contributed by atoms with E-state index in [4.69, 9.17) is 5.73 Å². The molecule has 4 heteroatoms. The summed E-state index contributed by atoms with van der Waals surface area (Å²) in [4.78, 5) is 7.06. The Labute approximate surface area is 101 Å². The smallest absolute Gasteiger partial charge is 0.139 e. The van der Waals surface area contributed by atoms with Gasteiger partial charge in [0.25, 0.3) is 0 Å². The molecule has 3 rings (SSSR count). The van der Waals surface area contributed by atoms with E-state index in [2.05, 4.69) is 45.7 Å². The second-order valence-electron chi connectivity index (χ2n) is 4.94. The Morgan fingerprint density at radius 2 is 2.41 bits per heavy atom. The Morgan fingerprint density at radius 1 is 1.53 bits per heavy atom. The standard InChI is InChI=1S/C13H18N4/c1-10-3-2-5-17-9-12(15-13(10)17)8-16-6-4-11(14)7-16/h2-3,5,9,11H,4,6-8,14H2,1H3/t11-/m1/s1. The van der Waals surface area contributed by atoms with E-state index in [0.717, 1.165) is 37.4 Å². The van der Waals surface area contributed by atoms with Crippen LogP contribution in [-0.4, -0.2) is 33.4 Å². The van der Waals surface area contributed by atoms with Crippen molar-refractivity contribution >= 4 is 5.65 Å². The van der Waals surface area contributed by atoms with Crippen LogP contribution in [0.5, 0.6) is 0 Å². The summed E-state index contributed by atoms with van der Waals surface area (Å²) in [6.07, 6.45) is 5.27. The summed E-state index contributed by atoms with van der Waals surface area (Å²) < 4.78 is 2.10. The van der Waals surface area contributed by atoms with E-state index in [1.54, 1.807) is 0 Å². The summed E-state index contributed by atoms with van der Waals surface area (Å²) in [5, 5.41) is 0. The number of imidazole rings is 1. The van der Waals surface area contributed by atoms with Gasteiger partial charge in [-0.2, -0.15) is 0 Å². The molecule has 0 radical (unpaired) electrons. The second-order valence-corrected chi connectivity index (χ2v) is 4.94. The van der Waals surface area contributed by atoms with Crippen molar-refractivity contribution in [1.82, 2.24) is 14.3 Å². The lowest BCUT2D eigenvalue weighted by atomic mass is 10.3. The largest absolute Gasteiger partial charge is 0.326 e. The molecule has 0 spiro atoms. The number of hydrogen-bond donors (Lipinski definition) is 1. The van der Waals surface area contributed by atoms with Gasteiger partial charge < -0.3 is 10.1 Å². The van der Waals surface area contributed by atoms with Crippen molar-refractivity contribution in [3.63, 3.8) is 0 Å². The van der Waals surface area contributed by atoms with Gasteiger partial charge in [-0.05, 0) is 25.0 Å². The number of likely N-dealkylation sites (tertiary alicyclic amines) is 1. The molecular formula is C13H18N4. The highest BCUT2D eigenvalue weighted by atomic mass is 15.2. The third kappa shape index (κ3) is 2.06. The molecule has 0 aromatic carbocycles. The van der Waals surface area contributed by atoms with Gasteiger partial charge in [0.15, 0.2) is 0 Å². The molecule has 2 aromatic heterocycles. The molecular weight excluding hydrogens is 212 g/mol. The number of aromatic nitrogens is 2. The maximum Gasteiger partial charge on any atom is 0.139 e. The molecule has 1 saturated heterocycles. The summed E-state index contributed by atoms with van der Waals surface area (Å²) in [5.74, 6) is 0. The molecule has 2 aromatic rings. The molecule has 1 fully saturated rings. The zero-order valence-electron chi connectivity index (χ0n) is 10.1. The van der Waals surface area contributed by atoms with Gasteiger partial charge in [-0.15, -0.1) is 0 Å². The number of rotatable bonds is 2. The van der Waals surface area contributed by atoms with E-state index in [0.29, 0.717) is 6.04 Å². The molecule has 2 N–H and O–H groups in total. The van der Waals surface area contributed by atoms with Crippen LogP contribution in [0, 0.1) is 6.92 Å². The first kappa shape index (κ1) is 10.7. The second kappa shape index (κ2) is 4.13. The van der Waals surface area contributed by atoms with E-state index in [9.17, 15) is 0 Å². The molecule has 1 aliphatic rings. The van der Waals surface area contributed by atoms with Gasteiger partial charge in [0.1, 0.15) is 5.65 Å². The molecule has 0 aliphatic carbocycles. The van der Waals surface area contributed by atoms with Crippen LogP contribution in [0.2, 0.25) is 0 Å². The Kier molecular flexibility index (Phi) is 2.61. The normalized spacial score (nSPS) is 21.4. The predicted molar refractivity (Wildman–Crippen MR) is 67.8 cm³/mol. The molecule has 1 atom stereocenters. The van der Waals surface area contributed by atoms with Crippen molar-refractivity contribution in [3.05, 3.63) is 35.8 Å². The summed E-state index contributed by atoms with van der Waals surface area (Å²) in [7, 11) is 0. The highest BCUT2D eigenvalue weighted by molar-refractivity contribution is 5.47. The van der Waals surface area contributed by atoms with Crippen LogP contribution in [0.3, 0.4) is 0 Å². The average Bonchev–Trinajstić information content (AvgIpc) is 2.86. The minimum Gasteiger partial charge on any atom is -0.326 e. The SMILES string of the molecule is Cc1cccn2cc(CN3CC[C@@H](N)C3)nc12. The van der Waals surface area contributed by atoms with Crippen LogP contribution >= 0.6 is 0 Å². The van der Waals surface area contributed by atoms with Crippen molar-refractivity contribution in [2.45, 2.75) is 25.9 Å². The van der Waals surface area contributed by atoms with Crippen LogP contribution in [0.15, 0.2) is 24.5 Å². The minimum atomic E-state index is 0.341. The van der Waals surface area contributed by atoms with Gasteiger partial charge in [0, 0.05) is 38.1 Å². The zero-order valence-corrected chi connectivity index (χ0v) is 10.1. The molecule has 1 aliphatic heterocycles. The van der Waals surface area contributed by atoms with Crippen LogP contribution in [0.4, 0.5) is 0 Å². The van der Waals surface area contributed by atoms with Crippen LogP contribution in [0.1, 0.15) is 17.7 Å². The molecule has 0 bridgehead atoms. The van der Waals surface area contributed by atoms with Gasteiger partial charge in [0.05, 0.1) is 5.69 Å². The molecule has 0 saturated carbocycles. The first-order chi connectivity index (χ1) is 8.22. The van der Waals surface area contributed by atoms with Gasteiger partial charge >= 0.3 is 0 Å². The molecule has 4 nitrogen and oxygen atoms in total. The maximum absolute atomic E-state index is 5.91. The Hall–Kier alpha value is -1.39. The van der Waals surface area contributed by atoms with Crippen molar-refractivity contribution < 1.29 is 0 Å². The number of pyridine rings is 1. The molecule has 17 heavy (non-hydrogen) atoms. The lowest BCUT2D eigenvalue weighted by Gasteiger charge is -2.12. The topological polar surface area (TPSA) is 46.6 Å². The molecule has 90 valence electrons. The third-order valence-corrected chi connectivity index (χ3v) is 3.42. The first-order valence-electron chi connectivity index (χ1n) is 6.13. The van der Waals surface area contributed by atoms with Crippen molar-refractivity contribution in [1.29, 1.82) is 0 Å². The summed E-state index contributed by atoms with van der Waals surface area (Å²) >= 11 is 0. The summed E-state index contributed by atoms with van der Waals surface area (Å²) in [6.45, 7) is 5.09. The first-order valence-corrected chi connectivity index (χ1v) is 6.13. The van der Waals surface area contributed by atoms with Crippen molar-refractivity contribution in [2.24, 2.45) is 5.73 Å². The molecule has 0 amide bonds. The summed E-state index contributed by atoms with van der Waals surface area (Å²) in [5.41, 5.74) is 9.32. The van der Waals surface area contributed by atoms with Crippen LogP contribution in [0.25, 0.3) is 5.65 Å². The lowest BCUT2D eigenvalue weighted by molar-refractivity contribution is 0.323. The van der Waals surface area contributed by atoms with E-state index in [-0.39, 0.29) is 0 Å². The quantitative estimate of drug-likeness (QED) is 0.842. The van der Waals surface area contributed by atoms with Crippen LogP contribution in [-0.2, 0) is 6.54 Å². The number of nitrogens with zero attached hydrogens (tertiary/aromatic N) is 3. The fourth-order valence-corrected chi connectivity index (χ4v) is 2.52. The van der Waals surface area contributed by atoms with Gasteiger partial charge in [-0.3, -0.25) is 4.90 Å². The number of fused-ring (bicyclic) bond motifs is 1. The monoisotopic (exact) mass is 230 g/mol. The molecule has 3 heterocycles. The Bertz CT molecular complexity index is 531. The fourth-order valence-electron chi connectivity index (χ4n) is 2.52. The highest BCUT2D eigenvalue weighted by Gasteiger charge is 2.19. The van der Waals surface area contributed by atoms with Crippen molar-refractivity contribution in [3.8, 4) is 0 Å². The van der Waals surface area contributed by atoms with E-state index in [1.807, 2.05) is 0 Å². The maximum atomic E-state index is 5.91. The van der Waals surface area contributed by atoms with Crippen molar-refractivity contribution in [2.75, 3.05) is 13.1 Å². The van der Waals surface area contributed by atoms with Crippen LogP contribution < -0.4 is 5.73 Å². The number of nitrogens with two attached hydrogens (primary N) is 1. The van der Waals surface area contributed by atoms with E-state index < -0.39 is 0 Å². The predicted octanol–water partition coefficient (Wildman–Crippen LogP) is 1.18. The summed E-state index contributed by atoms with van der Waals surface area (Å²) in [6, 6.07) is 4.49. The average molecular weight is 230 g/mol. The fraction of sp³-hybridized carbons (Fsp3) is 0.462. The van der Waals surface area contributed by atoms with E-state index in [1.165, 1.54) is 5.56 Å². The Balaban J connectivity index is 1.84. The number of hydrogen-bond acceptors (Lipinski definition) is 3. The minimum absolute atomic E-state index is 0.341. The van der Waals surface area contributed by atoms with E-state index >= 15 is 0 Å². The van der Waals surface area contributed by atoms with Gasteiger partial charge in [0.2, 0.25) is 0 Å². The van der Waals surface area contributed by atoms with Gasteiger partial charge in [-0.1, -0.05) is 6.07 Å². The third-order valence-electron chi connectivity index (χ3n) is 3.42. The number of aryl methyl sites for hydroxylation is 1. The zero-order chi connectivity index (χ0) is 11.8. The Morgan fingerprint density at radius 3 is 3.12 bits per heavy atom. The van der Waals surface area contributed by atoms with Gasteiger partial charge in [-0.25, -0.2) is 4.98 Å².